The lowest BCUT2D eigenvalue weighted by Crippen LogP contribution is -2.42. The first-order valence-corrected chi connectivity index (χ1v) is 4.92. The molecule has 0 spiro atoms. The highest BCUT2D eigenvalue weighted by atomic mass is 19.4. The summed E-state index contributed by atoms with van der Waals surface area (Å²) in [4.78, 5) is 22.1. The predicted molar refractivity (Wildman–Crippen MR) is 53.5 cm³/mol. The molecule has 0 aromatic rings. The zero-order valence-electron chi connectivity index (χ0n) is 9.54. The van der Waals surface area contributed by atoms with Gasteiger partial charge >= 0.3 is 18.2 Å². The minimum absolute atomic E-state index is 0.0223. The molecule has 5 nitrogen and oxygen atoms in total. The molecular weight excluding hydrogens is 241 g/mol. The van der Waals surface area contributed by atoms with E-state index in [0.717, 1.165) is 7.05 Å². The molecule has 0 rings (SSSR count). The summed E-state index contributed by atoms with van der Waals surface area (Å²) in [5.74, 6) is -1.66. The Labute approximate surface area is 96.6 Å². The first-order valence-electron chi connectivity index (χ1n) is 4.92. The predicted octanol–water partition coefficient (Wildman–Crippen LogP) is 1.30. The van der Waals surface area contributed by atoms with Crippen LogP contribution in [-0.4, -0.2) is 48.3 Å². The third-order valence-electron chi connectivity index (χ3n) is 2.04. The Kier molecular flexibility index (Phi) is 5.77. The summed E-state index contributed by atoms with van der Waals surface area (Å²) in [6.07, 6.45) is -4.28. The number of nitrogens with one attached hydrogen (secondary N) is 1. The van der Waals surface area contributed by atoms with Gasteiger partial charge in [0.05, 0.1) is 5.92 Å². The van der Waals surface area contributed by atoms with Crippen molar-refractivity contribution in [2.45, 2.75) is 19.5 Å². The van der Waals surface area contributed by atoms with Gasteiger partial charge in [0.15, 0.2) is 0 Å². The maximum absolute atomic E-state index is 11.9. The number of hydrogen-bond acceptors (Lipinski definition) is 2. The van der Waals surface area contributed by atoms with Gasteiger partial charge in [-0.25, -0.2) is 4.79 Å². The summed E-state index contributed by atoms with van der Waals surface area (Å²) in [5.41, 5.74) is 0. The van der Waals surface area contributed by atoms with E-state index in [4.69, 9.17) is 5.11 Å². The summed E-state index contributed by atoms with van der Waals surface area (Å²) in [6, 6.07) is -0.875. The van der Waals surface area contributed by atoms with Crippen molar-refractivity contribution in [3.8, 4) is 0 Å². The number of hydrogen-bond donors (Lipinski definition) is 2. The molecule has 1 unspecified atom stereocenters. The van der Waals surface area contributed by atoms with Crippen LogP contribution in [0.4, 0.5) is 18.0 Å². The Morgan fingerprint density at radius 3 is 2.35 bits per heavy atom. The van der Waals surface area contributed by atoms with E-state index in [0.29, 0.717) is 4.90 Å². The van der Waals surface area contributed by atoms with E-state index in [9.17, 15) is 22.8 Å². The van der Waals surface area contributed by atoms with Crippen LogP contribution in [0.5, 0.6) is 0 Å². The van der Waals surface area contributed by atoms with Crippen molar-refractivity contribution in [2.24, 2.45) is 5.92 Å². The quantitative estimate of drug-likeness (QED) is 0.779. The number of carbonyl (C=O) groups excluding carboxylic acids is 1. The molecular formula is C9H15F3N2O3. The SMILES string of the molecule is CC(CCNC(=O)N(C)CC(F)(F)F)C(=O)O. The van der Waals surface area contributed by atoms with Gasteiger partial charge in [-0.2, -0.15) is 13.2 Å². The molecule has 0 aromatic carbocycles. The Morgan fingerprint density at radius 1 is 1.41 bits per heavy atom. The molecule has 100 valence electrons. The Morgan fingerprint density at radius 2 is 1.94 bits per heavy atom. The van der Waals surface area contributed by atoms with Crippen LogP contribution < -0.4 is 5.32 Å². The van der Waals surface area contributed by atoms with Gasteiger partial charge in [-0.15, -0.1) is 0 Å². The lowest BCUT2D eigenvalue weighted by molar-refractivity contribution is -0.141. The Hall–Kier alpha value is -1.47. The van der Waals surface area contributed by atoms with Gasteiger partial charge in [0.25, 0.3) is 0 Å². The lowest BCUT2D eigenvalue weighted by atomic mass is 10.1. The Balaban J connectivity index is 3.91. The van der Waals surface area contributed by atoms with E-state index in [1.807, 2.05) is 0 Å². The van der Waals surface area contributed by atoms with Crippen LogP contribution in [0.1, 0.15) is 13.3 Å². The highest BCUT2D eigenvalue weighted by molar-refractivity contribution is 5.74. The van der Waals surface area contributed by atoms with Crippen molar-refractivity contribution < 1.29 is 27.9 Å². The van der Waals surface area contributed by atoms with Crippen LogP contribution in [0.3, 0.4) is 0 Å². The maximum Gasteiger partial charge on any atom is 0.406 e. The van der Waals surface area contributed by atoms with Crippen LogP contribution in [0.25, 0.3) is 0 Å². The number of carbonyl (C=O) groups is 2. The fourth-order valence-electron chi connectivity index (χ4n) is 0.995. The molecule has 0 aliphatic carbocycles. The van der Waals surface area contributed by atoms with Crippen molar-refractivity contribution in [2.75, 3.05) is 20.1 Å². The van der Waals surface area contributed by atoms with Crippen LogP contribution in [-0.2, 0) is 4.79 Å². The number of carboxylic acid groups (broad SMARTS) is 1. The lowest BCUT2D eigenvalue weighted by Gasteiger charge is -2.19. The van der Waals surface area contributed by atoms with E-state index >= 15 is 0 Å². The molecule has 0 fully saturated rings. The van der Waals surface area contributed by atoms with Crippen LogP contribution in [0, 0.1) is 5.92 Å². The van der Waals surface area contributed by atoms with E-state index < -0.39 is 30.6 Å². The minimum atomic E-state index is -4.44. The molecule has 2 N–H and O–H groups in total. The molecule has 8 heteroatoms. The Bertz CT molecular complexity index is 281. The molecule has 0 radical (unpaired) electrons. The van der Waals surface area contributed by atoms with Gasteiger partial charge in [-0.1, -0.05) is 6.92 Å². The molecule has 0 aliphatic heterocycles. The zero-order valence-corrected chi connectivity index (χ0v) is 9.54. The highest BCUT2D eigenvalue weighted by Gasteiger charge is 2.31. The van der Waals surface area contributed by atoms with Gasteiger partial charge in [-0.3, -0.25) is 4.79 Å². The summed E-state index contributed by atoms with van der Waals surface area (Å²) >= 11 is 0. The molecule has 0 aromatic heterocycles. The number of urea groups is 1. The number of nitrogens with zero attached hydrogens (tertiary/aromatic N) is 1. The highest BCUT2D eigenvalue weighted by Crippen LogP contribution is 2.15. The largest absolute Gasteiger partial charge is 0.481 e. The fraction of sp³-hybridized carbons (Fsp3) is 0.778. The van der Waals surface area contributed by atoms with E-state index in [2.05, 4.69) is 5.32 Å². The fourth-order valence-corrected chi connectivity index (χ4v) is 0.995. The maximum atomic E-state index is 11.9. The second kappa shape index (κ2) is 6.31. The molecule has 17 heavy (non-hydrogen) atoms. The average molecular weight is 256 g/mol. The number of rotatable bonds is 5. The molecule has 0 bridgehead atoms. The number of aliphatic carboxylic acids is 1. The normalized spacial score (nSPS) is 13.0. The zero-order chi connectivity index (χ0) is 13.6. The van der Waals surface area contributed by atoms with Crippen molar-refractivity contribution in [1.29, 1.82) is 0 Å². The second-order valence-electron chi connectivity index (χ2n) is 3.73. The topological polar surface area (TPSA) is 69.6 Å². The molecule has 0 saturated carbocycles. The van der Waals surface area contributed by atoms with Crippen molar-refractivity contribution in [3.05, 3.63) is 0 Å². The second-order valence-corrected chi connectivity index (χ2v) is 3.73. The smallest absolute Gasteiger partial charge is 0.406 e. The van der Waals surface area contributed by atoms with Gasteiger partial charge < -0.3 is 15.3 Å². The van der Waals surface area contributed by atoms with Gasteiger partial charge in [0, 0.05) is 13.6 Å². The van der Waals surface area contributed by atoms with Crippen molar-refractivity contribution in [3.63, 3.8) is 0 Å². The molecule has 0 heterocycles. The number of carboxylic acids is 1. The minimum Gasteiger partial charge on any atom is -0.481 e. The monoisotopic (exact) mass is 256 g/mol. The number of halogens is 3. The third-order valence-corrected chi connectivity index (χ3v) is 2.04. The first-order chi connectivity index (χ1) is 7.63. The van der Waals surface area contributed by atoms with Gasteiger partial charge in [0.2, 0.25) is 0 Å². The summed E-state index contributed by atoms with van der Waals surface area (Å²) in [5, 5.41) is 10.8. The van der Waals surface area contributed by atoms with E-state index in [1.165, 1.54) is 6.92 Å². The van der Waals surface area contributed by atoms with Crippen LogP contribution >= 0.6 is 0 Å². The van der Waals surface area contributed by atoms with Crippen molar-refractivity contribution in [1.82, 2.24) is 10.2 Å². The van der Waals surface area contributed by atoms with Gasteiger partial charge in [0.1, 0.15) is 6.54 Å². The summed E-state index contributed by atoms with van der Waals surface area (Å²) < 4.78 is 35.8. The van der Waals surface area contributed by atoms with E-state index in [1.54, 1.807) is 0 Å². The van der Waals surface area contributed by atoms with E-state index in [-0.39, 0.29) is 13.0 Å². The van der Waals surface area contributed by atoms with Crippen molar-refractivity contribution >= 4 is 12.0 Å². The molecule has 0 aliphatic rings. The van der Waals surface area contributed by atoms with Crippen LogP contribution in [0.2, 0.25) is 0 Å². The summed E-state index contributed by atoms with van der Waals surface area (Å²) in [7, 11) is 1.02. The standard InChI is InChI=1S/C9H15F3N2O3/c1-6(7(15)16)3-4-13-8(17)14(2)5-9(10,11)12/h6H,3-5H2,1-2H3,(H,13,17)(H,15,16). The van der Waals surface area contributed by atoms with Gasteiger partial charge in [-0.05, 0) is 6.42 Å². The molecule has 1 atom stereocenters. The first kappa shape index (κ1) is 15.5. The summed E-state index contributed by atoms with van der Waals surface area (Å²) in [6.45, 7) is 0.135. The van der Waals surface area contributed by atoms with Crippen LogP contribution in [0.15, 0.2) is 0 Å². The molecule has 0 saturated heterocycles. The number of alkyl halides is 3. The molecule has 2 amide bonds. The average Bonchev–Trinajstić information content (AvgIpc) is 2.14. The third kappa shape index (κ3) is 7.42. The number of amides is 2.